The fourth-order valence-corrected chi connectivity index (χ4v) is 1.95. The number of hydrogen-bond acceptors (Lipinski definition) is 3. The van der Waals surface area contributed by atoms with Crippen molar-refractivity contribution in [3.63, 3.8) is 0 Å². The number of amides is 1. The molecule has 2 N–H and O–H groups in total. The monoisotopic (exact) mass is 241 g/mol. The molecule has 98 valence electrons. The van der Waals surface area contributed by atoms with Crippen molar-refractivity contribution >= 4 is 11.9 Å². The normalized spacial score (nSPS) is 26.1. The Bertz CT molecular complexity index is 291. The number of aliphatic imine (C=N–C) groups is 1. The van der Waals surface area contributed by atoms with Crippen molar-refractivity contribution in [2.24, 2.45) is 4.99 Å². The number of nitrogens with zero attached hydrogens (tertiary/aromatic N) is 1. The maximum atomic E-state index is 12.0. The van der Waals surface area contributed by atoms with Crippen LogP contribution in [0.5, 0.6) is 0 Å². The van der Waals surface area contributed by atoms with E-state index in [-0.39, 0.29) is 5.91 Å². The van der Waals surface area contributed by atoms with Crippen LogP contribution in [0, 0.1) is 0 Å². The lowest BCUT2D eigenvalue weighted by molar-refractivity contribution is -0.124. The number of unbranched alkanes of at least 4 members (excludes halogenated alkanes) is 1. The minimum atomic E-state index is -0.456. The molecule has 1 rings (SSSR count). The van der Waals surface area contributed by atoms with Gasteiger partial charge < -0.3 is 10.1 Å². The average Bonchev–Trinajstić information content (AvgIpc) is 2.64. The molecule has 17 heavy (non-hydrogen) atoms. The van der Waals surface area contributed by atoms with Gasteiger partial charge in [-0.3, -0.25) is 15.1 Å². The van der Waals surface area contributed by atoms with E-state index in [1.165, 1.54) is 0 Å². The molecule has 1 unspecified atom stereocenters. The Morgan fingerprint density at radius 3 is 2.76 bits per heavy atom. The zero-order valence-electron chi connectivity index (χ0n) is 11.0. The fraction of sp³-hybridized carbons (Fsp3) is 0.833. The summed E-state index contributed by atoms with van der Waals surface area (Å²) in [6.07, 6.45) is 3.77. The van der Waals surface area contributed by atoms with Gasteiger partial charge in [0.25, 0.3) is 5.91 Å². The largest absolute Gasteiger partial charge is 0.383 e. The molecule has 1 heterocycles. The lowest BCUT2D eigenvalue weighted by Crippen LogP contribution is -2.46. The van der Waals surface area contributed by atoms with Crippen molar-refractivity contribution in [3.05, 3.63) is 0 Å². The van der Waals surface area contributed by atoms with Crippen LogP contribution >= 0.6 is 0 Å². The molecule has 1 aliphatic rings. The van der Waals surface area contributed by atoms with E-state index in [2.05, 4.69) is 22.5 Å². The molecule has 0 bridgehead atoms. The lowest BCUT2D eigenvalue weighted by Gasteiger charge is -2.24. The van der Waals surface area contributed by atoms with Crippen LogP contribution in [0.4, 0.5) is 0 Å². The van der Waals surface area contributed by atoms with E-state index in [9.17, 15) is 4.79 Å². The highest BCUT2D eigenvalue weighted by atomic mass is 16.5. The highest BCUT2D eigenvalue weighted by molar-refractivity contribution is 6.08. The highest BCUT2D eigenvalue weighted by Crippen LogP contribution is 2.22. The summed E-state index contributed by atoms with van der Waals surface area (Å²) in [4.78, 5) is 16.3. The second-order valence-corrected chi connectivity index (χ2v) is 4.34. The number of carbonyl (C=O) groups is 1. The van der Waals surface area contributed by atoms with Gasteiger partial charge in [0.2, 0.25) is 0 Å². The standard InChI is InChI=1S/C12H23N3O2/c1-4-6-7-12(5-2)10(16)14-11(15-12)13-8-9-17-3/h4-9H2,1-3H3,(H2,13,14,15,16). The smallest absolute Gasteiger partial charge is 0.252 e. The Labute approximate surface area is 103 Å². The summed E-state index contributed by atoms with van der Waals surface area (Å²) in [6, 6.07) is 0. The van der Waals surface area contributed by atoms with E-state index < -0.39 is 5.54 Å². The molecular weight excluding hydrogens is 218 g/mol. The van der Waals surface area contributed by atoms with Crippen molar-refractivity contribution in [1.29, 1.82) is 0 Å². The van der Waals surface area contributed by atoms with Crippen molar-refractivity contribution in [2.75, 3.05) is 20.3 Å². The summed E-state index contributed by atoms with van der Waals surface area (Å²) >= 11 is 0. The number of hydrogen-bond donors (Lipinski definition) is 2. The van der Waals surface area contributed by atoms with Crippen LogP contribution < -0.4 is 10.6 Å². The molecule has 1 amide bonds. The second kappa shape index (κ2) is 6.59. The summed E-state index contributed by atoms with van der Waals surface area (Å²) in [7, 11) is 1.64. The van der Waals surface area contributed by atoms with Gasteiger partial charge in [0.1, 0.15) is 5.54 Å². The third kappa shape index (κ3) is 3.43. The first-order valence-electron chi connectivity index (χ1n) is 6.31. The number of methoxy groups -OCH3 is 1. The second-order valence-electron chi connectivity index (χ2n) is 4.34. The van der Waals surface area contributed by atoms with E-state index in [1.807, 2.05) is 6.92 Å². The lowest BCUT2D eigenvalue weighted by atomic mass is 9.90. The SMILES string of the molecule is CCCCC1(CC)NC(=NCCOC)NC1=O. The van der Waals surface area contributed by atoms with Gasteiger partial charge >= 0.3 is 0 Å². The van der Waals surface area contributed by atoms with E-state index in [0.717, 1.165) is 25.7 Å². The number of ether oxygens (including phenoxy) is 1. The maximum Gasteiger partial charge on any atom is 0.252 e. The zero-order chi connectivity index (χ0) is 12.7. The molecule has 1 aliphatic heterocycles. The molecule has 0 aromatic carbocycles. The van der Waals surface area contributed by atoms with Crippen LogP contribution in [0.1, 0.15) is 39.5 Å². The third-order valence-electron chi connectivity index (χ3n) is 3.15. The third-order valence-corrected chi connectivity index (χ3v) is 3.15. The molecule has 0 aromatic heterocycles. The van der Waals surface area contributed by atoms with Crippen molar-refractivity contribution < 1.29 is 9.53 Å². The van der Waals surface area contributed by atoms with Gasteiger partial charge in [0.15, 0.2) is 5.96 Å². The Morgan fingerprint density at radius 1 is 1.41 bits per heavy atom. The molecule has 0 aliphatic carbocycles. The molecule has 5 heteroatoms. The molecule has 1 fully saturated rings. The number of carbonyl (C=O) groups excluding carboxylic acids is 1. The number of rotatable bonds is 7. The van der Waals surface area contributed by atoms with Gasteiger partial charge in [-0.2, -0.15) is 0 Å². The van der Waals surface area contributed by atoms with Crippen molar-refractivity contribution in [2.45, 2.75) is 45.1 Å². The summed E-state index contributed by atoms with van der Waals surface area (Å²) in [5.41, 5.74) is -0.456. The van der Waals surface area contributed by atoms with Crippen molar-refractivity contribution in [3.8, 4) is 0 Å². The number of nitrogens with one attached hydrogen (secondary N) is 2. The first kappa shape index (κ1) is 14.0. The van der Waals surface area contributed by atoms with Crippen LogP contribution in [-0.4, -0.2) is 37.7 Å². The van der Waals surface area contributed by atoms with E-state index in [1.54, 1.807) is 7.11 Å². The van der Waals surface area contributed by atoms with Crippen LogP contribution in [0.25, 0.3) is 0 Å². The number of guanidine groups is 1. The Kier molecular flexibility index (Phi) is 5.41. The first-order chi connectivity index (χ1) is 8.18. The van der Waals surface area contributed by atoms with E-state index >= 15 is 0 Å². The summed E-state index contributed by atoms with van der Waals surface area (Å²) in [5.74, 6) is 0.634. The molecule has 0 saturated carbocycles. The van der Waals surface area contributed by atoms with Gasteiger partial charge in [-0.25, -0.2) is 0 Å². The molecule has 0 spiro atoms. The van der Waals surface area contributed by atoms with E-state index in [0.29, 0.717) is 19.1 Å². The summed E-state index contributed by atoms with van der Waals surface area (Å²) < 4.78 is 4.92. The minimum Gasteiger partial charge on any atom is -0.383 e. The van der Waals surface area contributed by atoms with Gasteiger partial charge in [-0.15, -0.1) is 0 Å². The molecule has 0 aromatic rings. The molecule has 5 nitrogen and oxygen atoms in total. The minimum absolute atomic E-state index is 0.0459. The summed E-state index contributed by atoms with van der Waals surface area (Å²) in [5, 5.41) is 6.04. The van der Waals surface area contributed by atoms with Crippen LogP contribution in [0.3, 0.4) is 0 Å². The van der Waals surface area contributed by atoms with Crippen LogP contribution in [-0.2, 0) is 9.53 Å². The van der Waals surface area contributed by atoms with Gasteiger partial charge in [-0.1, -0.05) is 26.7 Å². The first-order valence-corrected chi connectivity index (χ1v) is 6.31. The Morgan fingerprint density at radius 2 is 2.18 bits per heavy atom. The van der Waals surface area contributed by atoms with Crippen LogP contribution in [0.2, 0.25) is 0 Å². The maximum absolute atomic E-state index is 12.0. The van der Waals surface area contributed by atoms with Gasteiger partial charge in [0, 0.05) is 7.11 Å². The van der Waals surface area contributed by atoms with Gasteiger partial charge in [0.05, 0.1) is 13.2 Å². The Balaban J connectivity index is 2.62. The van der Waals surface area contributed by atoms with Crippen LogP contribution in [0.15, 0.2) is 4.99 Å². The fourth-order valence-electron chi connectivity index (χ4n) is 1.95. The average molecular weight is 241 g/mol. The molecule has 1 saturated heterocycles. The highest BCUT2D eigenvalue weighted by Gasteiger charge is 2.42. The Hall–Kier alpha value is -1.10. The predicted octanol–water partition coefficient (Wildman–Crippen LogP) is 1.05. The van der Waals surface area contributed by atoms with E-state index in [4.69, 9.17) is 4.74 Å². The predicted molar refractivity (Wildman–Crippen MR) is 68.0 cm³/mol. The quantitative estimate of drug-likeness (QED) is 0.655. The van der Waals surface area contributed by atoms with Gasteiger partial charge in [-0.05, 0) is 12.8 Å². The topological polar surface area (TPSA) is 62.7 Å². The van der Waals surface area contributed by atoms with Crippen molar-refractivity contribution in [1.82, 2.24) is 10.6 Å². The zero-order valence-corrected chi connectivity index (χ0v) is 11.0. The molecule has 1 atom stereocenters. The molecular formula is C12H23N3O2. The molecule has 0 radical (unpaired) electrons. The summed E-state index contributed by atoms with van der Waals surface area (Å²) in [6.45, 7) is 5.28.